The van der Waals surface area contributed by atoms with Gasteiger partial charge in [0, 0.05) is 5.56 Å². The van der Waals surface area contributed by atoms with Crippen molar-refractivity contribution in [2.45, 2.75) is 13.0 Å². The Hall–Kier alpha value is -2.66. The van der Waals surface area contributed by atoms with E-state index in [1.54, 1.807) is 31.2 Å². The standard InChI is InChI=1S/C17H14ClN3O2/c1-11(19-16(22)13-9-5-6-10-14(13)18)17-20-15(21-23-17)12-7-3-2-4-8-12/h2-11H,1H3,(H,19,22)/t11-/m1/s1. The lowest BCUT2D eigenvalue weighted by Gasteiger charge is -2.10. The molecule has 1 atom stereocenters. The molecule has 0 spiro atoms. The Balaban J connectivity index is 1.74. The van der Waals surface area contributed by atoms with Gasteiger partial charge in [-0.15, -0.1) is 0 Å². The number of amides is 1. The van der Waals surface area contributed by atoms with E-state index in [9.17, 15) is 4.79 Å². The number of carbonyl (C=O) groups is 1. The van der Waals surface area contributed by atoms with Crippen LogP contribution in [0.2, 0.25) is 5.02 Å². The number of nitrogens with zero attached hydrogens (tertiary/aromatic N) is 2. The van der Waals surface area contributed by atoms with Gasteiger partial charge in [-0.3, -0.25) is 4.79 Å². The second-order valence-electron chi connectivity index (χ2n) is 5.00. The zero-order valence-electron chi connectivity index (χ0n) is 12.4. The summed E-state index contributed by atoms with van der Waals surface area (Å²) >= 11 is 6.02. The molecule has 3 aromatic rings. The van der Waals surface area contributed by atoms with E-state index in [2.05, 4.69) is 15.5 Å². The van der Waals surface area contributed by atoms with Crippen molar-refractivity contribution < 1.29 is 9.32 Å². The molecule has 0 aliphatic heterocycles. The van der Waals surface area contributed by atoms with E-state index in [4.69, 9.17) is 16.1 Å². The Bertz CT molecular complexity index is 817. The zero-order valence-corrected chi connectivity index (χ0v) is 13.1. The molecular weight excluding hydrogens is 314 g/mol. The molecule has 1 N–H and O–H groups in total. The second-order valence-corrected chi connectivity index (χ2v) is 5.40. The maximum absolute atomic E-state index is 12.2. The summed E-state index contributed by atoms with van der Waals surface area (Å²) in [5.74, 6) is 0.534. The third-order valence-corrected chi connectivity index (χ3v) is 3.64. The quantitative estimate of drug-likeness (QED) is 0.789. The number of halogens is 1. The highest BCUT2D eigenvalue weighted by atomic mass is 35.5. The van der Waals surface area contributed by atoms with Crippen LogP contribution in [0.25, 0.3) is 11.4 Å². The van der Waals surface area contributed by atoms with E-state index in [0.717, 1.165) is 5.56 Å². The number of aromatic nitrogens is 2. The van der Waals surface area contributed by atoms with E-state index in [1.807, 2.05) is 30.3 Å². The number of benzene rings is 2. The number of hydrogen-bond donors (Lipinski definition) is 1. The molecule has 0 unspecified atom stereocenters. The van der Waals surface area contributed by atoms with Crippen LogP contribution >= 0.6 is 11.6 Å². The van der Waals surface area contributed by atoms with Crippen LogP contribution in [0.15, 0.2) is 59.1 Å². The fourth-order valence-corrected chi connectivity index (χ4v) is 2.32. The molecule has 0 aliphatic rings. The first-order chi connectivity index (χ1) is 11.1. The minimum absolute atomic E-state index is 0.289. The van der Waals surface area contributed by atoms with Crippen molar-refractivity contribution in [2.24, 2.45) is 0 Å². The van der Waals surface area contributed by atoms with Gasteiger partial charge in [0.15, 0.2) is 0 Å². The van der Waals surface area contributed by atoms with Crippen molar-refractivity contribution in [3.63, 3.8) is 0 Å². The smallest absolute Gasteiger partial charge is 0.253 e. The monoisotopic (exact) mass is 327 g/mol. The molecule has 1 amide bonds. The summed E-state index contributed by atoms with van der Waals surface area (Å²) in [6.45, 7) is 1.77. The topological polar surface area (TPSA) is 68.0 Å². The van der Waals surface area contributed by atoms with Gasteiger partial charge in [0.1, 0.15) is 6.04 Å². The van der Waals surface area contributed by atoms with Crippen molar-refractivity contribution in [2.75, 3.05) is 0 Å². The Morgan fingerprint density at radius 1 is 1.13 bits per heavy atom. The fraction of sp³-hybridized carbons (Fsp3) is 0.118. The molecule has 0 radical (unpaired) electrons. The van der Waals surface area contributed by atoms with Gasteiger partial charge in [0.05, 0.1) is 10.6 Å². The summed E-state index contributed by atoms with van der Waals surface area (Å²) in [4.78, 5) is 16.6. The summed E-state index contributed by atoms with van der Waals surface area (Å²) in [5, 5.41) is 7.14. The molecule has 2 aromatic carbocycles. The zero-order chi connectivity index (χ0) is 16.2. The van der Waals surface area contributed by atoms with Crippen molar-refractivity contribution in [3.05, 3.63) is 71.1 Å². The van der Waals surface area contributed by atoms with Gasteiger partial charge in [0.25, 0.3) is 5.91 Å². The third-order valence-electron chi connectivity index (χ3n) is 3.31. The second kappa shape index (κ2) is 6.62. The van der Waals surface area contributed by atoms with E-state index < -0.39 is 6.04 Å². The Morgan fingerprint density at radius 3 is 2.57 bits per heavy atom. The van der Waals surface area contributed by atoms with Gasteiger partial charge in [-0.2, -0.15) is 4.98 Å². The third kappa shape index (κ3) is 3.40. The average Bonchev–Trinajstić information content (AvgIpc) is 3.06. The normalized spacial score (nSPS) is 11.9. The molecule has 6 heteroatoms. The summed E-state index contributed by atoms with van der Waals surface area (Å²) in [6.07, 6.45) is 0. The molecule has 116 valence electrons. The summed E-state index contributed by atoms with van der Waals surface area (Å²) < 4.78 is 5.24. The minimum atomic E-state index is -0.427. The van der Waals surface area contributed by atoms with Crippen LogP contribution in [0.3, 0.4) is 0 Å². The summed E-state index contributed by atoms with van der Waals surface area (Å²) in [6, 6.07) is 15.9. The van der Waals surface area contributed by atoms with Crippen LogP contribution in [0.4, 0.5) is 0 Å². The molecule has 0 fully saturated rings. The summed E-state index contributed by atoms with van der Waals surface area (Å²) in [7, 11) is 0. The molecule has 1 heterocycles. The number of nitrogens with one attached hydrogen (secondary N) is 1. The number of rotatable bonds is 4. The molecular formula is C17H14ClN3O2. The van der Waals surface area contributed by atoms with E-state index >= 15 is 0 Å². The van der Waals surface area contributed by atoms with Crippen LogP contribution in [0.1, 0.15) is 29.2 Å². The van der Waals surface area contributed by atoms with Gasteiger partial charge >= 0.3 is 0 Å². The predicted octanol–water partition coefficient (Wildman–Crippen LogP) is 3.88. The fourth-order valence-electron chi connectivity index (χ4n) is 2.10. The lowest BCUT2D eigenvalue weighted by atomic mass is 10.2. The lowest BCUT2D eigenvalue weighted by molar-refractivity contribution is 0.0932. The van der Waals surface area contributed by atoms with E-state index in [0.29, 0.717) is 22.3 Å². The molecule has 0 saturated carbocycles. The van der Waals surface area contributed by atoms with E-state index in [1.165, 1.54) is 0 Å². The van der Waals surface area contributed by atoms with Crippen LogP contribution in [0, 0.1) is 0 Å². The first-order valence-electron chi connectivity index (χ1n) is 7.09. The highest BCUT2D eigenvalue weighted by Crippen LogP contribution is 2.20. The molecule has 0 aliphatic carbocycles. The molecule has 5 nitrogen and oxygen atoms in total. The van der Waals surface area contributed by atoms with E-state index in [-0.39, 0.29) is 5.91 Å². The maximum atomic E-state index is 12.2. The Kier molecular flexibility index (Phi) is 4.39. The maximum Gasteiger partial charge on any atom is 0.253 e. The molecule has 23 heavy (non-hydrogen) atoms. The number of carbonyl (C=O) groups excluding carboxylic acids is 1. The largest absolute Gasteiger partial charge is 0.340 e. The van der Waals surface area contributed by atoms with Gasteiger partial charge in [-0.25, -0.2) is 0 Å². The molecule has 1 aromatic heterocycles. The van der Waals surface area contributed by atoms with Crippen molar-refractivity contribution in [3.8, 4) is 11.4 Å². The van der Waals surface area contributed by atoms with Crippen LogP contribution in [-0.2, 0) is 0 Å². The van der Waals surface area contributed by atoms with Gasteiger partial charge in [0.2, 0.25) is 11.7 Å². The lowest BCUT2D eigenvalue weighted by Crippen LogP contribution is -2.27. The first-order valence-corrected chi connectivity index (χ1v) is 7.47. The van der Waals surface area contributed by atoms with Crippen LogP contribution in [0.5, 0.6) is 0 Å². The van der Waals surface area contributed by atoms with Crippen molar-refractivity contribution >= 4 is 17.5 Å². The van der Waals surface area contributed by atoms with Gasteiger partial charge in [-0.05, 0) is 19.1 Å². The molecule has 0 bridgehead atoms. The SMILES string of the molecule is C[C@@H](NC(=O)c1ccccc1Cl)c1nc(-c2ccccc2)no1. The average molecular weight is 328 g/mol. The summed E-state index contributed by atoms with van der Waals surface area (Å²) in [5.41, 5.74) is 1.26. The van der Waals surface area contributed by atoms with Crippen molar-refractivity contribution in [1.29, 1.82) is 0 Å². The van der Waals surface area contributed by atoms with Gasteiger partial charge < -0.3 is 9.84 Å². The van der Waals surface area contributed by atoms with Crippen LogP contribution in [-0.4, -0.2) is 16.0 Å². The van der Waals surface area contributed by atoms with Crippen LogP contribution < -0.4 is 5.32 Å². The molecule has 3 rings (SSSR count). The highest BCUT2D eigenvalue weighted by Gasteiger charge is 2.19. The predicted molar refractivity (Wildman–Crippen MR) is 87.1 cm³/mol. The number of hydrogen-bond acceptors (Lipinski definition) is 4. The Labute approximate surface area is 138 Å². The van der Waals surface area contributed by atoms with Crippen molar-refractivity contribution in [1.82, 2.24) is 15.5 Å². The molecule has 0 saturated heterocycles. The highest BCUT2D eigenvalue weighted by molar-refractivity contribution is 6.33. The first kappa shape index (κ1) is 15.2. The Morgan fingerprint density at radius 2 is 1.83 bits per heavy atom. The minimum Gasteiger partial charge on any atom is -0.340 e. The van der Waals surface area contributed by atoms with Gasteiger partial charge in [-0.1, -0.05) is 59.2 Å².